The fourth-order valence-electron chi connectivity index (χ4n) is 2.66. The SMILES string of the molecule is Cc1nc2ccc(C(N(C)C)C(C)(C)O)cc2[nH]1. The zero-order chi connectivity index (χ0) is 13.5. The predicted octanol–water partition coefficient (Wildman–Crippen LogP) is 2.24. The summed E-state index contributed by atoms with van der Waals surface area (Å²) in [6.45, 7) is 5.61. The Morgan fingerprint density at radius 3 is 2.56 bits per heavy atom. The fourth-order valence-corrected chi connectivity index (χ4v) is 2.66. The third kappa shape index (κ3) is 2.40. The highest BCUT2D eigenvalue weighted by atomic mass is 16.3. The molecule has 2 aromatic rings. The average molecular weight is 247 g/mol. The maximum atomic E-state index is 10.3. The largest absolute Gasteiger partial charge is 0.388 e. The van der Waals surface area contributed by atoms with Gasteiger partial charge in [-0.3, -0.25) is 4.90 Å². The first-order valence-corrected chi connectivity index (χ1v) is 6.14. The number of H-pyrrole nitrogens is 1. The number of aromatic amines is 1. The van der Waals surface area contributed by atoms with Gasteiger partial charge in [-0.05, 0) is 52.6 Å². The zero-order valence-electron chi connectivity index (χ0n) is 11.7. The number of hydrogen-bond acceptors (Lipinski definition) is 3. The lowest BCUT2D eigenvalue weighted by Gasteiger charge is -2.35. The standard InChI is InChI=1S/C14H21N3O/c1-9-15-11-7-6-10(8-12(11)16-9)13(17(4)5)14(2,3)18/h6-8,13,18H,1-5H3,(H,15,16). The second-order valence-corrected chi connectivity index (χ2v) is 5.62. The van der Waals surface area contributed by atoms with Crippen LogP contribution in [0.1, 0.15) is 31.3 Å². The van der Waals surface area contributed by atoms with Gasteiger partial charge in [0, 0.05) is 0 Å². The average Bonchev–Trinajstić information content (AvgIpc) is 2.54. The van der Waals surface area contributed by atoms with Crippen LogP contribution in [0.2, 0.25) is 0 Å². The van der Waals surface area contributed by atoms with Gasteiger partial charge in [-0.15, -0.1) is 0 Å². The van der Waals surface area contributed by atoms with Gasteiger partial charge in [0.1, 0.15) is 5.82 Å². The van der Waals surface area contributed by atoms with Crippen molar-refractivity contribution >= 4 is 11.0 Å². The van der Waals surface area contributed by atoms with E-state index in [-0.39, 0.29) is 6.04 Å². The van der Waals surface area contributed by atoms with E-state index in [2.05, 4.69) is 16.0 Å². The van der Waals surface area contributed by atoms with E-state index in [4.69, 9.17) is 0 Å². The van der Waals surface area contributed by atoms with Crippen molar-refractivity contribution in [3.05, 3.63) is 29.6 Å². The maximum absolute atomic E-state index is 10.3. The van der Waals surface area contributed by atoms with E-state index >= 15 is 0 Å². The van der Waals surface area contributed by atoms with Crippen molar-refractivity contribution in [2.75, 3.05) is 14.1 Å². The third-order valence-electron chi connectivity index (χ3n) is 3.13. The highest BCUT2D eigenvalue weighted by molar-refractivity contribution is 5.76. The maximum Gasteiger partial charge on any atom is 0.104 e. The number of aryl methyl sites for hydroxylation is 1. The number of rotatable bonds is 3. The second kappa shape index (κ2) is 4.37. The van der Waals surface area contributed by atoms with Crippen LogP contribution in [0, 0.1) is 6.92 Å². The van der Waals surface area contributed by atoms with Crippen LogP contribution < -0.4 is 0 Å². The van der Waals surface area contributed by atoms with Gasteiger partial charge in [-0.1, -0.05) is 6.07 Å². The van der Waals surface area contributed by atoms with Gasteiger partial charge in [0.15, 0.2) is 0 Å². The first kappa shape index (κ1) is 13.1. The molecule has 1 heterocycles. The van der Waals surface area contributed by atoms with E-state index in [0.717, 1.165) is 22.4 Å². The molecule has 0 aliphatic heterocycles. The lowest BCUT2D eigenvalue weighted by atomic mass is 9.91. The lowest BCUT2D eigenvalue weighted by Crippen LogP contribution is -2.38. The van der Waals surface area contributed by atoms with Crippen LogP contribution in [0.15, 0.2) is 18.2 Å². The molecule has 0 amide bonds. The topological polar surface area (TPSA) is 52.1 Å². The summed E-state index contributed by atoms with van der Waals surface area (Å²) in [5, 5.41) is 10.3. The van der Waals surface area contributed by atoms with E-state index in [1.54, 1.807) is 0 Å². The van der Waals surface area contributed by atoms with Crippen LogP contribution >= 0.6 is 0 Å². The summed E-state index contributed by atoms with van der Waals surface area (Å²) in [5.74, 6) is 0.909. The predicted molar refractivity (Wildman–Crippen MR) is 73.6 cm³/mol. The Hall–Kier alpha value is -1.39. The highest BCUT2D eigenvalue weighted by Gasteiger charge is 2.30. The molecule has 0 saturated heterocycles. The number of hydrogen-bond donors (Lipinski definition) is 2. The molecule has 2 rings (SSSR count). The van der Waals surface area contributed by atoms with Gasteiger partial charge in [0.2, 0.25) is 0 Å². The minimum Gasteiger partial charge on any atom is -0.388 e. The molecule has 0 spiro atoms. The van der Waals surface area contributed by atoms with Gasteiger partial charge in [-0.2, -0.15) is 0 Å². The summed E-state index contributed by atoms with van der Waals surface area (Å²) in [4.78, 5) is 9.65. The molecular weight excluding hydrogens is 226 g/mol. The summed E-state index contributed by atoms with van der Waals surface area (Å²) >= 11 is 0. The second-order valence-electron chi connectivity index (χ2n) is 5.62. The van der Waals surface area contributed by atoms with E-state index in [1.165, 1.54) is 0 Å². The number of nitrogens with zero attached hydrogens (tertiary/aromatic N) is 2. The summed E-state index contributed by atoms with van der Waals surface area (Å²) < 4.78 is 0. The molecule has 0 bridgehead atoms. The lowest BCUT2D eigenvalue weighted by molar-refractivity contribution is -0.00309. The van der Waals surface area contributed by atoms with Crippen LogP contribution in [-0.2, 0) is 0 Å². The summed E-state index contributed by atoms with van der Waals surface area (Å²) in [7, 11) is 3.95. The monoisotopic (exact) mass is 247 g/mol. The van der Waals surface area contributed by atoms with Crippen LogP contribution in [0.25, 0.3) is 11.0 Å². The third-order valence-corrected chi connectivity index (χ3v) is 3.13. The van der Waals surface area contributed by atoms with Gasteiger partial charge in [0.05, 0.1) is 22.7 Å². The first-order chi connectivity index (χ1) is 8.29. The molecule has 2 N–H and O–H groups in total. The number of aliphatic hydroxyl groups is 1. The summed E-state index contributed by atoms with van der Waals surface area (Å²) in [5.41, 5.74) is 2.26. The van der Waals surface area contributed by atoms with Crippen LogP contribution in [0.3, 0.4) is 0 Å². The minimum atomic E-state index is -0.799. The van der Waals surface area contributed by atoms with Crippen molar-refractivity contribution in [3.63, 3.8) is 0 Å². The van der Waals surface area contributed by atoms with Gasteiger partial charge < -0.3 is 10.1 Å². The number of aromatic nitrogens is 2. The minimum absolute atomic E-state index is 0.0505. The molecule has 4 heteroatoms. The van der Waals surface area contributed by atoms with Gasteiger partial charge in [0.25, 0.3) is 0 Å². The summed E-state index contributed by atoms with van der Waals surface area (Å²) in [6, 6.07) is 6.05. The normalized spacial score (nSPS) is 14.4. The molecule has 0 fully saturated rings. The Labute approximate surface area is 108 Å². The molecule has 4 nitrogen and oxygen atoms in total. The van der Waals surface area contributed by atoms with Gasteiger partial charge in [-0.25, -0.2) is 4.98 Å². The van der Waals surface area contributed by atoms with Crippen molar-refractivity contribution in [1.82, 2.24) is 14.9 Å². The number of fused-ring (bicyclic) bond motifs is 1. The number of benzene rings is 1. The molecule has 0 aliphatic rings. The van der Waals surface area contributed by atoms with E-state index in [0.29, 0.717) is 0 Å². The Balaban J connectivity index is 2.51. The van der Waals surface area contributed by atoms with Crippen molar-refractivity contribution in [2.45, 2.75) is 32.4 Å². The van der Waals surface area contributed by atoms with Crippen molar-refractivity contribution in [2.24, 2.45) is 0 Å². The Morgan fingerprint density at radius 2 is 2.00 bits per heavy atom. The van der Waals surface area contributed by atoms with Crippen molar-refractivity contribution in [1.29, 1.82) is 0 Å². The van der Waals surface area contributed by atoms with E-state index < -0.39 is 5.60 Å². The Morgan fingerprint density at radius 1 is 1.33 bits per heavy atom. The summed E-state index contributed by atoms with van der Waals surface area (Å²) in [6.07, 6.45) is 0. The van der Waals surface area contributed by atoms with E-state index in [1.807, 2.05) is 51.9 Å². The van der Waals surface area contributed by atoms with Gasteiger partial charge >= 0.3 is 0 Å². The zero-order valence-corrected chi connectivity index (χ0v) is 11.7. The molecule has 1 aromatic heterocycles. The molecule has 98 valence electrons. The quantitative estimate of drug-likeness (QED) is 0.874. The van der Waals surface area contributed by atoms with E-state index in [9.17, 15) is 5.11 Å². The molecule has 0 radical (unpaired) electrons. The number of imidazole rings is 1. The highest BCUT2D eigenvalue weighted by Crippen LogP contribution is 2.31. The molecule has 0 saturated carbocycles. The molecule has 0 aliphatic carbocycles. The number of nitrogens with one attached hydrogen (secondary N) is 1. The molecule has 18 heavy (non-hydrogen) atoms. The molecule has 1 unspecified atom stereocenters. The Bertz CT molecular complexity index is 552. The molecule has 1 aromatic carbocycles. The van der Waals surface area contributed by atoms with Crippen molar-refractivity contribution < 1.29 is 5.11 Å². The smallest absolute Gasteiger partial charge is 0.104 e. The van der Waals surface area contributed by atoms with Crippen molar-refractivity contribution in [3.8, 4) is 0 Å². The van der Waals surface area contributed by atoms with Crippen LogP contribution in [-0.4, -0.2) is 39.7 Å². The fraction of sp³-hybridized carbons (Fsp3) is 0.500. The van der Waals surface area contributed by atoms with Crippen LogP contribution in [0.5, 0.6) is 0 Å². The number of likely N-dealkylation sites (N-methyl/N-ethyl adjacent to an activating group) is 1. The molecular formula is C14H21N3O. The Kier molecular flexibility index (Phi) is 3.17. The van der Waals surface area contributed by atoms with Crippen LogP contribution in [0.4, 0.5) is 0 Å². The molecule has 1 atom stereocenters. The first-order valence-electron chi connectivity index (χ1n) is 6.14.